The van der Waals surface area contributed by atoms with E-state index in [0.29, 0.717) is 17.2 Å². The highest BCUT2D eigenvalue weighted by atomic mass is 35.5. The summed E-state index contributed by atoms with van der Waals surface area (Å²) in [5.41, 5.74) is 3.19. The molecule has 0 saturated carbocycles. The van der Waals surface area contributed by atoms with Gasteiger partial charge in [-0.2, -0.15) is 0 Å². The van der Waals surface area contributed by atoms with E-state index in [2.05, 4.69) is 5.32 Å². The fraction of sp³-hybridized carbons (Fsp3) is 0.267. The molecule has 0 aliphatic rings. The van der Waals surface area contributed by atoms with E-state index in [0.717, 1.165) is 22.6 Å². The number of amides is 1. The van der Waals surface area contributed by atoms with Crippen molar-refractivity contribution in [1.29, 1.82) is 0 Å². The molecule has 100 valence electrons. The van der Waals surface area contributed by atoms with Crippen LogP contribution in [-0.2, 0) is 5.88 Å². The first kappa shape index (κ1) is 13.7. The number of anilines is 1. The van der Waals surface area contributed by atoms with Gasteiger partial charge in [-0.25, -0.2) is 0 Å². The van der Waals surface area contributed by atoms with Crippen molar-refractivity contribution in [2.24, 2.45) is 0 Å². The predicted octanol–water partition coefficient (Wildman–Crippen LogP) is 4.20. The van der Waals surface area contributed by atoms with E-state index in [9.17, 15) is 4.79 Å². The van der Waals surface area contributed by atoms with Crippen LogP contribution in [0.2, 0.25) is 0 Å². The molecule has 2 aromatic rings. The minimum absolute atomic E-state index is 0.154. The second-order valence-corrected chi connectivity index (χ2v) is 4.77. The number of rotatable bonds is 3. The summed E-state index contributed by atoms with van der Waals surface area (Å²) in [6, 6.07) is 7.49. The molecule has 0 spiro atoms. The van der Waals surface area contributed by atoms with Crippen molar-refractivity contribution in [3.63, 3.8) is 0 Å². The highest BCUT2D eigenvalue weighted by Crippen LogP contribution is 2.22. The third kappa shape index (κ3) is 2.82. The number of carbonyl (C=O) groups excluding carboxylic acids is 1. The minimum atomic E-state index is -0.154. The van der Waals surface area contributed by atoms with Crippen molar-refractivity contribution in [3.8, 4) is 0 Å². The van der Waals surface area contributed by atoms with Gasteiger partial charge >= 0.3 is 0 Å². The van der Waals surface area contributed by atoms with Crippen molar-refractivity contribution in [1.82, 2.24) is 0 Å². The number of nitrogens with one attached hydrogen (secondary N) is 1. The van der Waals surface area contributed by atoms with Gasteiger partial charge in [0.05, 0.1) is 5.56 Å². The van der Waals surface area contributed by atoms with Crippen LogP contribution in [0.25, 0.3) is 0 Å². The summed E-state index contributed by atoms with van der Waals surface area (Å²) in [6.07, 6.45) is 0. The van der Waals surface area contributed by atoms with E-state index >= 15 is 0 Å². The molecule has 19 heavy (non-hydrogen) atoms. The minimum Gasteiger partial charge on any atom is -0.466 e. The Labute approximate surface area is 117 Å². The van der Waals surface area contributed by atoms with Crippen LogP contribution in [0, 0.1) is 20.8 Å². The molecule has 0 aliphatic carbocycles. The van der Waals surface area contributed by atoms with Crippen LogP contribution in [0.1, 0.15) is 33.0 Å². The van der Waals surface area contributed by atoms with Gasteiger partial charge in [0, 0.05) is 17.1 Å². The van der Waals surface area contributed by atoms with Crippen LogP contribution in [0.3, 0.4) is 0 Å². The molecular formula is C15H16ClNO2. The van der Waals surface area contributed by atoms with Gasteiger partial charge in [-0.05, 0) is 38.5 Å². The second kappa shape index (κ2) is 5.49. The topological polar surface area (TPSA) is 42.2 Å². The molecule has 0 fully saturated rings. The second-order valence-electron chi connectivity index (χ2n) is 4.50. The number of furan rings is 1. The number of carbonyl (C=O) groups is 1. The maximum atomic E-state index is 12.3. The number of aryl methyl sites for hydroxylation is 2. The zero-order valence-corrected chi connectivity index (χ0v) is 12.0. The smallest absolute Gasteiger partial charge is 0.259 e. The first-order chi connectivity index (χ1) is 9.02. The van der Waals surface area contributed by atoms with Crippen molar-refractivity contribution in [2.45, 2.75) is 26.7 Å². The Bertz CT molecular complexity index is 617. The Morgan fingerprint density at radius 1 is 1.26 bits per heavy atom. The zero-order valence-electron chi connectivity index (χ0n) is 11.2. The predicted molar refractivity (Wildman–Crippen MR) is 76.9 cm³/mol. The van der Waals surface area contributed by atoms with Crippen LogP contribution < -0.4 is 5.32 Å². The van der Waals surface area contributed by atoms with E-state index in [1.807, 2.05) is 38.1 Å². The lowest BCUT2D eigenvalue weighted by atomic mass is 10.1. The molecule has 1 amide bonds. The monoisotopic (exact) mass is 277 g/mol. The van der Waals surface area contributed by atoms with Gasteiger partial charge in [0.25, 0.3) is 5.91 Å². The Hall–Kier alpha value is -1.74. The van der Waals surface area contributed by atoms with Crippen molar-refractivity contribution >= 4 is 23.2 Å². The Morgan fingerprint density at radius 3 is 2.58 bits per heavy atom. The quantitative estimate of drug-likeness (QED) is 0.855. The molecular weight excluding hydrogens is 262 g/mol. The zero-order chi connectivity index (χ0) is 14.0. The Balaban J connectivity index is 2.25. The maximum absolute atomic E-state index is 12.3. The van der Waals surface area contributed by atoms with Gasteiger partial charge in [-0.15, -0.1) is 11.6 Å². The molecule has 2 rings (SSSR count). The molecule has 0 unspecified atom stereocenters. The summed E-state index contributed by atoms with van der Waals surface area (Å²) in [5, 5.41) is 2.87. The number of hydrogen-bond donors (Lipinski definition) is 1. The third-order valence-corrected chi connectivity index (χ3v) is 3.44. The standard InChI is InChI=1S/C15H16ClNO2/c1-9-10(2)19-11(3)14(9)15(18)17-13-6-4-5-12(7-13)8-16/h4-7H,8H2,1-3H3,(H,17,18). The Morgan fingerprint density at radius 2 is 2.00 bits per heavy atom. The van der Waals surface area contributed by atoms with Gasteiger partial charge in [0.15, 0.2) is 0 Å². The van der Waals surface area contributed by atoms with E-state index < -0.39 is 0 Å². The van der Waals surface area contributed by atoms with Gasteiger partial charge in [-0.3, -0.25) is 4.79 Å². The number of halogens is 1. The lowest BCUT2D eigenvalue weighted by Gasteiger charge is -2.06. The maximum Gasteiger partial charge on any atom is 0.259 e. The summed E-state index contributed by atoms with van der Waals surface area (Å²) in [7, 11) is 0. The molecule has 0 radical (unpaired) electrons. The average Bonchev–Trinajstić information content (AvgIpc) is 2.63. The average molecular weight is 278 g/mol. The van der Waals surface area contributed by atoms with E-state index in [1.54, 1.807) is 6.92 Å². The van der Waals surface area contributed by atoms with Crippen molar-refractivity contribution < 1.29 is 9.21 Å². The highest BCUT2D eigenvalue weighted by Gasteiger charge is 2.18. The number of alkyl halides is 1. The van der Waals surface area contributed by atoms with Gasteiger partial charge in [0.2, 0.25) is 0 Å². The molecule has 3 nitrogen and oxygen atoms in total. The van der Waals surface area contributed by atoms with Crippen molar-refractivity contribution in [3.05, 3.63) is 52.5 Å². The molecule has 0 aliphatic heterocycles. The first-order valence-corrected chi connectivity index (χ1v) is 6.59. The summed E-state index contributed by atoms with van der Waals surface area (Å²) in [5.74, 6) is 1.68. The highest BCUT2D eigenvalue weighted by molar-refractivity contribution is 6.17. The molecule has 1 aromatic carbocycles. The molecule has 0 saturated heterocycles. The van der Waals surface area contributed by atoms with Crippen LogP contribution in [-0.4, -0.2) is 5.91 Å². The third-order valence-electron chi connectivity index (χ3n) is 3.13. The molecule has 4 heteroatoms. The fourth-order valence-corrected chi connectivity index (χ4v) is 2.22. The lowest BCUT2D eigenvalue weighted by molar-refractivity contribution is 0.102. The number of benzene rings is 1. The van der Waals surface area contributed by atoms with E-state index in [4.69, 9.17) is 16.0 Å². The van der Waals surface area contributed by atoms with Gasteiger partial charge in [0.1, 0.15) is 11.5 Å². The van der Waals surface area contributed by atoms with E-state index in [-0.39, 0.29) is 5.91 Å². The summed E-state index contributed by atoms with van der Waals surface area (Å²) >= 11 is 5.78. The largest absolute Gasteiger partial charge is 0.466 e. The van der Waals surface area contributed by atoms with Crippen LogP contribution in [0.4, 0.5) is 5.69 Å². The lowest BCUT2D eigenvalue weighted by Crippen LogP contribution is -2.13. The van der Waals surface area contributed by atoms with E-state index in [1.165, 1.54) is 0 Å². The SMILES string of the molecule is Cc1oc(C)c(C(=O)Nc2cccc(CCl)c2)c1C. The van der Waals surface area contributed by atoms with Crippen LogP contribution in [0.5, 0.6) is 0 Å². The summed E-state index contributed by atoms with van der Waals surface area (Å²) < 4.78 is 5.47. The Kier molecular flexibility index (Phi) is 3.96. The normalized spacial score (nSPS) is 10.5. The molecule has 1 N–H and O–H groups in total. The molecule has 1 aromatic heterocycles. The summed E-state index contributed by atoms with van der Waals surface area (Å²) in [4.78, 5) is 12.3. The van der Waals surface area contributed by atoms with Crippen LogP contribution in [0.15, 0.2) is 28.7 Å². The van der Waals surface area contributed by atoms with Gasteiger partial charge in [-0.1, -0.05) is 12.1 Å². The fourth-order valence-electron chi connectivity index (χ4n) is 2.05. The first-order valence-electron chi connectivity index (χ1n) is 6.05. The molecule has 0 bridgehead atoms. The molecule has 0 atom stereocenters. The van der Waals surface area contributed by atoms with Gasteiger partial charge < -0.3 is 9.73 Å². The van der Waals surface area contributed by atoms with Crippen molar-refractivity contribution in [2.75, 3.05) is 5.32 Å². The van der Waals surface area contributed by atoms with Crippen LogP contribution >= 0.6 is 11.6 Å². The summed E-state index contributed by atoms with van der Waals surface area (Å²) in [6.45, 7) is 5.53. The molecule has 1 heterocycles. The number of hydrogen-bond acceptors (Lipinski definition) is 2.